The molecule has 0 aromatic carbocycles. The Morgan fingerprint density at radius 1 is 1.09 bits per heavy atom. The van der Waals surface area contributed by atoms with Crippen molar-refractivity contribution in [3.05, 3.63) is 29.5 Å². The number of rotatable bonds is 2. The lowest BCUT2D eigenvalue weighted by Crippen LogP contribution is -2.17. The highest BCUT2D eigenvalue weighted by Crippen LogP contribution is 2.34. The zero-order valence-electron chi connectivity index (χ0n) is 14.2. The Bertz CT molecular complexity index is 703. The minimum atomic E-state index is -0.999. The molecule has 2 heterocycles. The first-order chi connectivity index (χ1) is 9.93. The van der Waals surface area contributed by atoms with Crippen LogP contribution in [0.25, 0.3) is 11.4 Å². The first-order valence-corrected chi connectivity index (χ1v) is 7.38. The van der Waals surface area contributed by atoms with Crippen molar-refractivity contribution in [3.8, 4) is 11.4 Å². The number of nitrogen functional groups attached to an aromatic ring is 2. The Balaban J connectivity index is 2.64. The SMILES string of the molecule is Cn1c(-c2ccc(N)c(C(C)(C)C)n2)cc(C(C)(C)O)c1N. The molecule has 5 heteroatoms. The van der Waals surface area contributed by atoms with E-state index in [1.165, 1.54) is 0 Å². The van der Waals surface area contributed by atoms with Gasteiger partial charge in [-0.2, -0.15) is 0 Å². The van der Waals surface area contributed by atoms with Crippen LogP contribution < -0.4 is 11.5 Å². The summed E-state index contributed by atoms with van der Waals surface area (Å²) < 4.78 is 1.85. The molecule has 0 aliphatic rings. The van der Waals surface area contributed by atoms with Crippen LogP contribution in [0.15, 0.2) is 18.2 Å². The van der Waals surface area contributed by atoms with E-state index in [1.807, 2.05) is 29.8 Å². The molecule has 0 spiro atoms. The van der Waals surface area contributed by atoms with E-state index in [-0.39, 0.29) is 5.41 Å². The van der Waals surface area contributed by atoms with E-state index < -0.39 is 5.60 Å². The largest absolute Gasteiger partial charge is 0.397 e. The molecule has 0 radical (unpaired) electrons. The van der Waals surface area contributed by atoms with Crippen molar-refractivity contribution in [2.75, 3.05) is 11.5 Å². The molecule has 2 aromatic rings. The van der Waals surface area contributed by atoms with Crippen molar-refractivity contribution in [2.24, 2.45) is 7.05 Å². The molecule has 2 aromatic heterocycles. The summed E-state index contributed by atoms with van der Waals surface area (Å²) in [6.07, 6.45) is 0. The predicted octanol–water partition coefficient (Wildman–Crippen LogP) is 2.78. The fraction of sp³-hybridized carbons (Fsp3) is 0.471. The van der Waals surface area contributed by atoms with Crippen LogP contribution in [0.1, 0.15) is 45.9 Å². The van der Waals surface area contributed by atoms with E-state index in [9.17, 15) is 5.11 Å². The maximum absolute atomic E-state index is 10.2. The van der Waals surface area contributed by atoms with Crippen LogP contribution in [-0.2, 0) is 18.1 Å². The average molecular weight is 302 g/mol. The molecule has 2 rings (SSSR count). The van der Waals surface area contributed by atoms with E-state index in [0.717, 1.165) is 17.1 Å². The van der Waals surface area contributed by atoms with Crippen LogP contribution in [0.5, 0.6) is 0 Å². The third-order valence-electron chi connectivity index (χ3n) is 3.84. The molecule has 22 heavy (non-hydrogen) atoms. The third-order valence-corrected chi connectivity index (χ3v) is 3.84. The van der Waals surface area contributed by atoms with Gasteiger partial charge in [0, 0.05) is 18.0 Å². The Hall–Kier alpha value is -2.01. The Labute approximate surface area is 132 Å². The first kappa shape index (κ1) is 16.4. The lowest BCUT2D eigenvalue weighted by molar-refractivity contribution is 0.0795. The zero-order chi connectivity index (χ0) is 16.9. The topological polar surface area (TPSA) is 90.1 Å². The van der Waals surface area contributed by atoms with Crippen LogP contribution in [0, 0.1) is 0 Å². The molecule has 0 unspecified atom stereocenters. The standard InChI is InChI=1S/C17H26N4O/c1-16(2,3)14-11(18)7-8-12(20-14)13-9-10(17(4,5)22)15(19)21(13)6/h7-9,22H,18-19H2,1-6H3. The molecule has 0 aliphatic heterocycles. The van der Waals surface area contributed by atoms with Gasteiger partial charge in [0.2, 0.25) is 0 Å². The molecule has 0 atom stereocenters. The Kier molecular flexibility index (Phi) is 3.73. The van der Waals surface area contributed by atoms with Gasteiger partial charge in [-0.05, 0) is 32.0 Å². The van der Waals surface area contributed by atoms with Gasteiger partial charge in [-0.3, -0.25) is 0 Å². The summed E-state index contributed by atoms with van der Waals surface area (Å²) in [4.78, 5) is 4.73. The molecule has 0 saturated carbocycles. The van der Waals surface area contributed by atoms with E-state index in [1.54, 1.807) is 13.8 Å². The number of hydrogen-bond acceptors (Lipinski definition) is 4. The first-order valence-electron chi connectivity index (χ1n) is 7.38. The fourth-order valence-electron chi connectivity index (χ4n) is 2.57. The number of pyridine rings is 1. The highest BCUT2D eigenvalue weighted by molar-refractivity contribution is 5.66. The van der Waals surface area contributed by atoms with Gasteiger partial charge in [-0.15, -0.1) is 0 Å². The molecule has 0 amide bonds. The second-order valence-electron chi connectivity index (χ2n) is 7.33. The van der Waals surface area contributed by atoms with E-state index >= 15 is 0 Å². The van der Waals surface area contributed by atoms with Crippen LogP contribution in [0.2, 0.25) is 0 Å². The second-order valence-corrected chi connectivity index (χ2v) is 7.33. The lowest BCUT2D eigenvalue weighted by atomic mass is 9.90. The zero-order valence-corrected chi connectivity index (χ0v) is 14.2. The van der Waals surface area contributed by atoms with Crippen molar-refractivity contribution >= 4 is 11.5 Å². The van der Waals surface area contributed by atoms with Crippen molar-refractivity contribution < 1.29 is 5.11 Å². The number of hydrogen-bond donors (Lipinski definition) is 3. The van der Waals surface area contributed by atoms with E-state index in [2.05, 4.69) is 20.8 Å². The van der Waals surface area contributed by atoms with Crippen molar-refractivity contribution in [2.45, 2.75) is 45.6 Å². The summed E-state index contributed by atoms with van der Waals surface area (Å²) in [5.41, 5.74) is 14.9. The number of nitrogens with zero attached hydrogens (tertiary/aromatic N) is 2. The number of nitrogens with two attached hydrogens (primary N) is 2. The highest BCUT2D eigenvalue weighted by atomic mass is 16.3. The summed E-state index contributed by atoms with van der Waals surface area (Å²) in [5.74, 6) is 0.540. The van der Waals surface area contributed by atoms with Crippen LogP contribution in [0.4, 0.5) is 11.5 Å². The summed E-state index contributed by atoms with van der Waals surface area (Å²) >= 11 is 0. The number of aliphatic hydroxyl groups is 1. The highest BCUT2D eigenvalue weighted by Gasteiger charge is 2.25. The maximum atomic E-state index is 10.2. The van der Waals surface area contributed by atoms with Gasteiger partial charge in [0.15, 0.2) is 0 Å². The number of anilines is 2. The van der Waals surface area contributed by atoms with Gasteiger partial charge in [-0.1, -0.05) is 20.8 Å². The minimum absolute atomic E-state index is 0.143. The molecule has 0 aliphatic carbocycles. The maximum Gasteiger partial charge on any atom is 0.109 e. The molecule has 0 saturated heterocycles. The Morgan fingerprint density at radius 2 is 1.68 bits per heavy atom. The molecular weight excluding hydrogens is 276 g/mol. The van der Waals surface area contributed by atoms with Gasteiger partial charge >= 0.3 is 0 Å². The van der Waals surface area contributed by atoms with E-state index in [4.69, 9.17) is 16.5 Å². The molecule has 0 bridgehead atoms. The second kappa shape index (κ2) is 5.02. The molecular formula is C17H26N4O. The summed E-state index contributed by atoms with van der Waals surface area (Å²) in [5, 5.41) is 10.2. The monoisotopic (exact) mass is 302 g/mol. The predicted molar refractivity (Wildman–Crippen MR) is 91.4 cm³/mol. The lowest BCUT2D eigenvalue weighted by Gasteiger charge is -2.20. The third kappa shape index (κ3) is 2.81. The molecule has 0 fully saturated rings. The van der Waals surface area contributed by atoms with Gasteiger partial charge in [-0.25, -0.2) is 4.98 Å². The Morgan fingerprint density at radius 3 is 2.14 bits per heavy atom. The summed E-state index contributed by atoms with van der Waals surface area (Å²) in [7, 11) is 1.87. The normalized spacial score (nSPS) is 12.7. The van der Waals surface area contributed by atoms with Crippen LogP contribution in [0.3, 0.4) is 0 Å². The van der Waals surface area contributed by atoms with Crippen LogP contribution >= 0.6 is 0 Å². The van der Waals surface area contributed by atoms with Crippen molar-refractivity contribution in [1.29, 1.82) is 0 Å². The van der Waals surface area contributed by atoms with Crippen molar-refractivity contribution in [3.63, 3.8) is 0 Å². The molecule has 5 N–H and O–H groups in total. The quantitative estimate of drug-likeness (QED) is 0.795. The van der Waals surface area contributed by atoms with E-state index in [0.29, 0.717) is 17.1 Å². The number of aromatic nitrogens is 2. The average Bonchev–Trinajstić information content (AvgIpc) is 2.65. The minimum Gasteiger partial charge on any atom is -0.397 e. The fourth-order valence-corrected chi connectivity index (χ4v) is 2.57. The smallest absolute Gasteiger partial charge is 0.109 e. The van der Waals surface area contributed by atoms with Gasteiger partial charge in [0.25, 0.3) is 0 Å². The van der Waals surface area contributed by atoms with Gasteiger partial charge < -0.3 is 21.1 Å². The van der Waals surface area contributed by atoms with Gasteiger partial charge in [0.1, 0.15) is 5.82 Å². The van der Waals surface area contributed by atoms with Gasteiger partial charge in [0.05, 0.1) is 28.4 Å². The summed E-state index contributed by atoms with van der Waals surface area (Å²) in [6.45, 7) is 9.68. The molecule has 120 valence electrons. The molecule has 5 nitrogen and oxygen atoms in total. The summed E-state index contributed by atoms with van der Waals surface area (Å²) in [6, 6.07) is 5.64. The van der Waals surface area contributed by atoms with Crippen molar-refractivity contribution in [1.82, 2.24) is 9.55 Å². The van der Waals surface area contributed by atoms with Crippen LogP contribution in [-0.4, -0.2) is 14.7 Å².